The van der Waals surface area contributed by atoms with E-state index in [1.807, 2.05) is 0 Å². The standard InChI is InChI=1S/C24H16O5/c25-22-18-9-2-3-10-19(18)23(26)20(22)13-16-7-1-4-11-21(16)29-14-15-6-5-8-17(12-15)24(27)28/h1-13H,14H2,(H,27,28). The molecule has 3 aromatic carbocycles. The van der Waals surface area contributed by atoms with Crippen molar-refractivity contribution in [3.63, 3.8) is 0 Å². The second-order valence-electron chi connectivity index (χ2n) is 6.59. The van der Waals surface area contributed by atoms with Gasteiger partial charge in [0.1, 0.15) is 12.4 Å². The number of allylic oxidation sites excluding steroid dienone is 1. The van der Waals surface area contributed by atoms with Crippen LogP contribution in [-0.2, 0) is 6.61 Å². The number of carboxylic acids is 1. The molecular weight excluding hydrogens is 368 g/mol. The Morgan fingerprint density at radius 3 is 2.21 bits per heavy atom. The van der Waals surface area contributed by atoms with Crippen LogP contribution < -0.4 is 4.74 Å². The molecule has 142 valence electrons. The zero-order chi connectivity index (χ0) is 20.4. The van der Waals surface area contributed by atoms with Crippen molar-refractivity contribution in [2.24, 2.45) is 0 Å². The van der Waals surface area contributed by atoms with Gasteiger partial charge in [0.2, 0.25) is 0 Å². The van der Waals surface area contributed by atoms with Crippen molar-refractivity contribution in [2.45, 2.75) is 6.61 Å². The number of Topliss-reactive ketones (excluding diaryl/α,β-unsaturated/α-hetero) is 2. The van der Waals surface area contributed by atoms with Crippen LogP contribution in [0.25, 0.3) is 6.08 Å². The molecule has 0 spiro atoms. The molecule has 1 aliphatic carbocycles. The number of hydrogen-bond acceptors (Lipinski definition) is 4. The van der Waals surface area contributed by atoms with Gasteiger partial charge in [0.25, 0.3) is 0 Å². The van der Waals surface area contributed by atoms with Crippen LogP contribution >= 0.6 is 0 Å². The van der Waals surface area contributed by atoms with E-state index in [1.54, 1.807) is 72.8 Å². The minimum Gasteiger partial charge on any atom is -0.488 e. The first-order chi connectivity index (χ1) is 14.0. The van der Waals surface area contributed by atoms with Crippen molar-refractivity contribution in [3.8, 4) is 5.75 Å². The lowest BCUT2D eigenvalue weighted by Gasteiger charge is -2.10. The minimum atomic E-state index is -1.00. The summed E-state index contributed by atoms with van der Waals surface area (Å²) in [5.41, 5.74) is 2.41. The molecule has 5 nitrogen and oxygen atoms in total. The number of fused-ring (bicyclic) bond motifs is 1. The van der Waals surface area contributed by atoms with Crippen LogP contribution in [-0.4, -0.2) is 22.6 Å². The largest absolute Gasteiger partial charge is 0.488 e. The predicted octanol–water partition coefficient (Wildman–Crippen LogP) is 4.43. The van der Waals surface area contributed by atoms with Gasteiger partial charge < -0.3 is 9.84 Å². The summed E-state index contributed by atoms with van der Waals surface area (Å²) < 4.78 is 5.86. The highest BCUT2D eigenvalue weighted by molar-refractivity contribution is 6.41. The maximum atomic E-state index is 12.6. The summed E-state index contributed by atoms with van der Waals surface area (Å²) in [6, 6.07) is 20.3. The molecule has 0 aliphatic heterocycles. The number of hydrogen-bond donors (Lipinski definition) is 1. The molecule has 0 saturated heterocycles. The van der Waals surface area contributed by atoms with Gasteiger partial charge >= 0.3 is 5.97 Å². The molecule has 4 rings (SSSR count). The summed E-state index contributed by atoms with van der Waals surface area (Å²) in [7, 11) is 0. The highest BCUT2D eigenvalue weighted by Gasteiger charge is 2.32. The molecule has 3 aromatic rings. The Kier molecular flexibility index (Phi) is 4.79. The van der Waals surface area contributed by atoms with Gasteiger partial charge in [0.15, 0.2) is 11.6 Å². The average molecular weight is 384 g/mol. The third-order valence-corrected chi connectivity index (χ3v) is 4.69. The van der Waals surface area contributed by atoms with Gasteiger partial charge in [-0.15, -0.1) is 0 Å². The molecule has 5 heteroatoms. The Labute approximate surface area is 166 Å². The van der Waals surface area contributed by atoms with Crippen LogP contribution in [0.5, 0.6) is 5.75 Å². The number of aromatic carboxylic acids is 1. The van der Waals surface area contributed by atoms with Gasteiger partial charge in [0, 0.05) is 16.7 Å². The Bertz CT molecular complexity index is 1140. The number of carbonyl (C=O) groups excluding carboxylic acids is 2. The van der Waals surface area contributed by atoms with Crippen LogP contribution in [0.15, 0.2) is 78.4 Å². The molecule has 0 atom stereocenters. The second kappa shape index (κ2) is 7.56. The Morgan fingerprint density at radius 1 is 0.862 bits per heavy atom. The molecule has 29 heavy (non-hydrogen) atoms. The first-order valence-electron chi connectivity index (χ1n) is 8.99. The Morgan fingerprint density at radius 2 is 1.52 bits per heavy atom. The number of carbonyl (C=O) groups is 3. The summed E-state index contributed by atoms with van der Waals surface area (Å²) in [4.78, 5) is 36.4. The number of rotatable bonds is 5. The first kappa shape index (κ1) is 18.4. The van der Waals surface area contributed by atoms with Crippen molar-refractivity contribution in [1.82, 2.24) is 0 Å². The molecule has 0 heterocycles. The summed E-state index contributed by atoms with van der Waals surface area (Å²) >= 11 is 0. The zero-order valence-corrected chi connectivity index (χ0v) is 15.3. The first-order valence-corrected chi connectivity index (χ1v) is 8.99. The maximum Gasteiger partial charge on any atom is 0.335 e. The zero-order valence-electron chi connectivity index (χ0n) is 15.3. The van der Waals surface area contributed by atoms with E-state index in [4.69, 9.17) is 9.84 Å². The lowest BCUT2D eigenvalue weighted by molar-refractivity contribution is 0.0696. The predicted molar refractivity (Wildman–Crippen MR) is 107 cm³/mol. The lowest BCUT2D eigenvalue weighted by Crippen LogP contribution is -2.02. The molecular formula is C24H16O5. The quantitative estimate of drug-likeness (QED) is 0.520. The van der Waals surface area contributed by atoms with Crippen molar-refractivity contribution < 1.29 is 24.2 Å². The van der Waals surface area contributed by atoms with E-state index >= 15 is 0 Å². The third kappa shape index (κ3) is 3.58. The van der Waals surface area contributed by atoms with Gasteiger partial charge in [0.05, 0.1) is 11.1 Å². The number of ether oxygens (including phenoxy) is 1. The fourth-order valence-corrected chi connectivity index (χ4v) is 3.25. The lowest BCUT2D eigenvalue weighted by atomic mass is 10.1. The SMILES string of the molecule is O=C(O)c1cccc(COc2ccccc2C=C2C(=O)c3ccccc3C2=O)c1. The van der Waals surface area contributed by atoms with Gasteiger partial charge in [-0.25, -0.2) is 4.79 Å². The van der Waals surface area contributed by atoms with Crippen molar-refractivity contribution in [1.29, 1.82) is 0 Å². The fourth-order valence-electron chi connectivity index (χ4n) is 3.25. The summed E-state index contributed by atoms with van der Waals surface area (Å²) in [5, 5.41) is 9.11. The highest BCUT2D eigenvalue weighted by Crippen LogP contribution is 2.30. The van der Waals surface area contributed by atoms with E-state index in [2.05, 4.69) is 0 Å². The highest BCUT2D eigenvalue weighted by atomic mass is 16.5. The van der Waals surface area contributed by atoms with Crippen LogP contribution in [0.1, 0.15) is 42.2 Å². The number of benzene rings is 3. The minimum absolute atomic E-state index is 0.107. The molecule has 0 fully saturated rings. The molecule has 0 amide bonds. The van der Waals surface area contributed by atoms with E-state index in [9.17, 15) is 14.4 Å². The number of carboxylic acid groups (broad SMARTS) is 1. The average Bonchev–Trinajstić information content (AvgIpc) is 2.98. The maximum absolute atomic E-state index is 12.6. The van der Waals surface area contributed by atoms with Gasteiger partial charge in [-0.3, -0.25) is 9.59 Å². The number of para-hydroxylation sites is 1. The summed E-state index contributed by atoms with van der Waals surface area (Å²) in [5.74, 6) is -1.10. The van der Waals surface area contributed by atoms with Gasteiger partial charge in [-0.2, -0.15) is 0 Å². The van der Waals surface area contributed by atoms with Crippen LogP contribution in [0.3, 0.4) is 0 Å². The normalized spacial score (nSPS) is 12.6. The van der Waals surface area contributed by atoms with Crippen LogP contribution in [0.2, 0.25) is 0 Å². The van der Waals surface area contributed by atoms with Crippen LogP contribution in [0, 0.1) is 0 Å². The van der Waals surface area contributed by atoms with Crippen molar-refractivity contribution in [2.75, 3.05) is 0 Å². The fraction of sp³-hybridized carbons (Fsp3) is 0.0417. The molecule has 1 N–H and O–H groups in total. The topological polar surface area (TPSA) is 80.7 Å². The monoisotopic (exact) mass is 384 g/mol. The summed E-state index contributed by atoms with van der Waals surface area (Å²) in [6.07, 6.45) is 1.55. The van der Waals surface area contributed by atoms with E-state index in [0.717, 1.165) is 0 Å². The summed E-state index contributed by atoms with van der Waals surface area (Å²) in [6.45, 7) is 0.156. The van der Waals surface area contributed by atoms with E-state index < -0.39 is 5.97 Å². The van der Waals surface area contributed by atoms with E-state index in [-0.39, 0.29) is 29.3 Å². The van der Waals surface area contributed by atoms with Crippen LogP contribution in [0.4, 0.5) is 0 Å². The smallest absolute Gasteiger partial charge is 0.335 e. The number of ketones is 2. The third-order valence-electron chi connectivity index (χ3n) is 4.69. The van der Waals surface area contributed by atoms with Gasteiger partial charge in [-0.05, 0) is 29.8 Å². The molecule has 0 unspecified atom stereocenters. The molecule has 0 bridgehead atoms. The Hall–Kier alpha value is -3.99. The van der Waals surface area contributed by atoms with Gasteiger partial charge in [-0.1, -0.05) is 54.6 Å². The molecule has 0 aromatic heterocycles. The van der Waals surface area contributed by atoms with Crippen molar-refractivity contribution >= 4 is 23.6 Å². The molecule has 0 saturated carbocycles. The van der Waals surface area contributed by atoms with E-state index in [0.29, 0.717) is 28.0 Å². The van der Waals surface area contributed by atoms with E-state index in [1.165, 1.54) is 6.07 Å². The molecule has 0 radical (unpaired) electrons. The second-order valence-corrected chi connectivity index (χ2v) is 6.59. The Balaban J connectivity index is 1.61. The molecule has 1 aliphatic rings. The van der Waals surface area contributed by atoms with Crippen molar-refractivity contribution in [3.05, 3.63) is 106 Å².